The Morgan fingerprint density at radius 1 is 1.07 bits per heavy atom. The van der Waals surface area contributed by atoms with Gasteiger partial charge in [0.15, 0.2) is 5.78 Å². The van der Waals surface area contributed by atoms with Crippen LogP contribution in [0, 0.1) is 5.82 Å². The monoisotopic (exact) mass is 438 g/mol. The Bertz CT molecular complexity index is 1180. The molecule has 0 N–H and O–H groups in total. The minimum atomic E-state index is -0.316. The molecule has 0 fully saturated rings. The number of carbonyl (C=O) groups is 1. The van der Waals surface area contributed by atoms with Gasteiger partial charge in [-0.25, -0.2) is 14.1 Å². The van der Waals surface area contributed by atoms with E-state index in [1.165, 1.54) is 30.1 Å². The highest BCUT2D eigenvalue weighted by Gasteiger charge is 2.16. The average molecular weight is 439 g/mol. The van der Waals surface area contributed by atoms with Gasteiger partial charge in [-0.2, -0.15) is 5.10 Å². The lowest BCUT2D eigenvalue weighted by atomic mass is 10.2. The summed E-state index contributed by atoms with van der Waals surface area (Å²) in [6, 6.07) is 13.5. The molecule has 0 bridgehead atoms. The zero-order chi connectivity index (χ0) is 21.1. The molecule has 8 heteroatoms. The Morgan fingerprint density at radius 2 is 1.80 bits per heavy atom. The zero-order valence-corrected chi connectivity index (χ0v) is 17.5. The zero-order valence-electron chi connectivity index (χ0n) is 15.9. The summed E-state index contributed by atoms with van der Waals surface area (Å²) in [5.41, 5.74) is 2.19. The Hall–Kier alpha value is -3.03. The van der Waals surface area contributed by atoms with Crippen molar-refractivity contribution in [1.82, 2.24) is 19.7 Å². The highest BCUT2D eigenvalue weighted by Crippen LogP contribution is 2.35. The smallest absolute Gasteiger partial charge is 0.182 e. The molecule has 0 spiro atoms. The van der Waals surface area contributed by atoms with E-state index in [-0.39, 0.29) is 11.6 Å². The first-order valence-electron chi connectivity index (χ1n) is 9.18. The largest absolute Gasteiger partial charge is 0.292 e. The van der Waals surface area contributed by atoms with Crippen molar-refractivity contribution in [2.24, 2.45) is 0 Å². The predicted octanol–water partition coefficient (Wildman–Crippen LogP) is 5.87. The maximum Gasteiger partial charge on any atom is 0.182 e. The van der Waals surface area contributed by atoms with Crippen LogP contribution in [0.5, 0.6) is 0 Å². The third kappa shape index (κ3) is 4.42. The fourth-order valence-electron chi connectivity index (χ4n) is 2.74. The van der Waals surface area contributed by atoms with Crippen molar-refractivity contribution in [2.45, 2.75) is 23.1 Å². The maximum absolute atomic E-state index is 13.3. The van der Waals surface area contributed by atoms with Crippen molar-refractivity contribution in [3.63, 3.8) is 0 Å². The number of rotatable bonds is 6. The first kappa shape index (κ1) is 20.3. The summed E-state index contributed by atoms with van der Waals surface area (Å²) in [6.45, 7) is 1.78. The molecule has 150 valence electrons. The second-order valence-corrected chi connectivity index (χ2v) is 7.93. The summed E-state index contributed by atoms with van der Waals surface area (Å²) in [4.78, 5) is 22.3. The van der Waals surface area contributed by atoms with E-state index >= 15 is 0 Å². The minimum Gasteiger partial charge on any atom is -0.292 e. The van der Waals surface area contributed by atoms with E-state index in [9.17, 15) is 9.18 Å². The second kappa shape index (κ2) is 8.77. The lowest BCUT2D eigenvalue weighted by Gasteiger charge is -2.03. The molecule has 4 aromatic rings. The molecule has 0 aliphatic rings. The number of nitrogens with zero attached hydrogens (tertiary/aromatic N) is 4. The first-order valence-corrected chi connectivity index (χ1v) is 10.4. The Balaban J connectivity index is 1.75. The fourth-order valence-corrected chi connectivity index (χ4v) is 3.79. The quantitative estimate of drug-likeness (QED) is 0.352. The number of aromatic nitrogens is 4. The molecule has 0 radical (unpaired) electrons. The molecular formula is C22H16ClFN4OS. The Morgan fingerprint density at radius 3 is 2.43 bits per heavy atom. The van der Waals surface area contributed by atoms with Crippen LogP contribution in [0.1, 0.15) is 23.8 Å². The van der Waals surface area contributed by atoms with Crippen molar-refractivity contribution >= 4 is 29.1 Å². The number of benzene rings is 2. The van der Waals surface area contributed by atoms with E-state index in [1.807, 2.05) is 30.5 Å². The van der Waals surface area contributed by atoms with Crippen LogP contribution < -0.4 is 0 Å². The number of ketones is 1. The summed E-state index contributed by atoms with van der Waals surface area (Å²) in [5, 5.41) is 5.30. The Labute approximate surface area is 181 Å². The molecule has 0 amide bonds. The lowest BCUT2D eigenvalue weighted by molar-refractivity contribution is 0.0983. The predicted molar refractivity (Wildman–Crippen MR) is 115 cm³/mol. The van der Waals surface area contributed by atoms with Gasteiger partial charge in [0.25, 0.3) is 0 Å². The highest BCUT2D eigenvalue weighted by molar-refractivity contribution is 7.99. The molecule has 0 saturated heterocycles. The van der Waals surface area contributed by atoms with Crippen LogP contribution in [-0.4, -0.2) is 25.5 Å². The molecule has 0 atom stereocenters. The van der Waals surface area contributed by atoms with Gasteiger partial charge in [0.2, 0.25) is 0 Å². The number of hydrogen-bond acceptors (Lipinski definition) is 5. The van der Waals surface area contributed by atoms with Crippen molar-refractivity contribution in [3.8, 4) is 17.1 Å². The van der Waals surface area contributed by atoms with Gasteiger partial charge in [-0.05, 0) is 48.5 Å². The van der Waals surface area contributed by atoms with Crippen LogP contribution in [0.3, 0.4) is 0 Å². The third-order valence-electron chi connectivity index (χ3n) is 4.31. The summed E-state index contributed by atoms with van der Waals surface area (Å²) >= 11 is 7.49. The van der Waals surface area contributed by atoms with Crippen molar-refractivity contribution in [2.75, 3.05) is 0 Å². The van der Waals surface area contributed by atoms with Gasteiger partial charge >= 0.3 is 0 Å². The molecule has 30 heavy (non-hydrogen) atoms. The number of carbonyl (C=O) groups excluding carboxylic acids is 1. The molecule has 2 aromatic heterocycles. The molecular weight excluding hydrogens is 423 g/mol. The third-order valence-corrected chi connectivity index (χ3v) is 5.59. The molecule has 0 aliphatic heterocycles. The van der Waals surface area contributed by atoms with Crippen molar-refractivity contribution in [3.05, 3.63) is 83.7 Å². The normalized spacial score (nSPS) is 10.9. The highest BCUT2D eigenvalue weighted by atomic mass is 35.5. The molecule has 5 nitrogen and oxygen atoms in total. The van der Waals surface area contributed by atoms with E-state index in [4.69, 9.17) is 11.6 Å². The minimum absolute atomic E-state index is 0.0679. The van der Waals surface area contributed by atoms with E-state index < -0.39 is 0 Å². The van der Waals surface area contributed by atoms with E-state index in [0.29, 0.717) is 34.2 Å². The topological polar surface area (TPSA) is 60.7 Å². The standard InChI is InChI=1S/C22H16ClFN4OS/c1-2-20(29)18-11-26-19(12-25-18)22-21(30-17-9-3-14(23)4-10-17)13-28(27-22)16-7-5-15(24)6-8-16/h3-13H,2H2,1H3. The number of halogens is 2. The van der Waals surface area contributed by atoms with Gasteiger partial charge in [-0.3, -0.25) is 9.78 Å². The maximum atomic E-state index is 13.3. The molecule has 2 aromatic carbocycles. The van der Waals surface area contributed by atoms with Crippen LogP contribution in [0.25, 0.3) is 17.1 Å². The fraction of sp³-hybridized carbons (Fsp3) is 0.0909. The van der Waals surface area contributed by atoms with Crippen molar-refractivity contribution < 1.29 is 9.18 Å². The van der Waals surface area contributed by atoms with E-state index in [2.05, 4.69) is 15.1 Å². The summed E-state index contributed by atoms with van der Waals surface area (Å²) in [5.74, 6) is -0.384. The molecule has 0 aliphatic carbocycles. The lowest BCUT2D eigenvalue weighted by Crippen LogP contribution is -2.02. The van der Waals surface area contributed by atoms with E-state index in [1.54, 1.807) is 29.9 Å². The number of Topliss-reactive ketones (excluding diaryl/α,β-unsaturated/α-hetero) is 1. The van der Waals surface area contributed by atoms with Gasteiger partial charge < -0.3 is 0 Å². The Kier molecular flexibility index (Phi) is 5.92. The van der Waals surface area contributed by atoms with E-state index in [0.717, 1.165) is 9.79 Å². The molecule has 0 saturated carbocycles. The van der Waals surface area contributed by atoms with Gasteiger partial charge in [0.1, 0.15) is 22.9 Å². The van der Waals surface area contributed by atoms with Gasteiger partial charge in [-0.1, -0.05) is 30.3 Å². The van der Waals surface area contributed by atoms with Crippen LogP contribution in [0.2, 0.25) is 5.02 Å². The summed E-state index contributed by atoms with van der Waals surface area (Å²) in [6.07, 6.45) is 5.24. The van der Waals surface area contributed by atoms with Crippen LogP contribution >= 0.6 is 23.4 Å². The molecule has 4 rings (SSSR count). The SMILES string of the molecule is CCC(=O)c1cnc(-c2nn(-c3ccc(F)cc3)cc2Sc2ccc(Cl)cc2)cn1. The van der Waals surface area contributed by atoms with Crippen LogP contribution in [-0.2, 0) is 0 Å². The van der Waals surface area contributed by atoms with Crippen LogP contribution in [0.15, 0.2) is 76.9 Å². The van der Waals surface area contributed by atoms with Gasteiger partial charge in [0.05, 0.1) is 23.0 Å². The molecule has 0 unspecified atom stereocenters. The van der Waals surface area contributed by atoms with Crippen molar-refractivity contribution in [1.29, 1.82) is 0 Å². The second-order valence-electron chi connectivity index (χ2n) is 6.38. The summed E-state index contributed by atoms with van der Waals surface area (Å²) < 4.78 is 15.0. The number of hydrogen-bond donors (Lipinski definition) is 0. The van der Waals surface area contributed by atoms with Gasteiger partial charge in [-0.15, -0.1) is 0 Å². The van der Waals surface area contributed by atoms with Gasteiger partial charge in [0, 0.05) is 22.5 Å². The van der Waals surface area contributed by atoms with Crippen LogP contribution in [0.4, 0.5) is 4.39 Å². The average Bonchev–Trinajstić information content (AvgIpc) is 3.19. The first-order chi connectivity index (χ1) is 14.5. The molecule has 2 heterocycles. The summed E-state index contributed by atoms with van der Waals surface area (Å²) in [7, 11) is 0.